The number of rotatable bonds is 5. The molecule has 2 rings (SSSR count). The van der Waals surface area contributed by atoms with E-state index in [0.29, 0.717) is 15.2 Å². The van der Waals surface area contributed by atoms with E-state index < -0.39 is 0 Å². The van der Waals surface area contributed by atoms with E-state index in [1.54, 1.807) is 30.6 Å². The number of hydrogen-bond acceptors (Lipinski definition) is 3. The van der Waals surface area contributed by atoms with E-state index in [2.05, 4.69) is 26.2 Å². The zero-order chi connectivity index (χ0) is 15.2. The average molecular weight is 370 g/mol. The Kier molecular flexibility index (Phi) is 5.59. The van der Waals surface area contributed by atoms with Crippen LogP contribution in [0.5, 0.6) is 5.75 Å². The van der Waals surface area contributed by atoms with E-state index in [9.17, 15) is 4.79 Å². The van der Waals surface area contributed by atoms with Crippen LogP contribution in [0.2, 0.25) is 5.02 Å². The minimum atomic E-state index is -0.193. The Labute approximate surface area is 136 Å². The third-order valence-corrected chi connectivity index (χ3v) is 3.69. The molecule has 1 atom stereocenters. The molecule has 21 heavy (non-hydrogen) atoms. The molecule has 0 saturated heterocycles. The van der Waals surface area contributed by atoms with E-state index >= 15 is 0 Å². The smallest absolute Gasteiger partial charge is 0.258 e. The Morgan fingerprint density at radius 2 is 2.10 bits per heavy atom. The molecular formula is C15H14BrClN2O2. The van der Waals surface area contributed by atoms with Gasteiger partial charge in [-0.1, -0.05) is 11.6 Å². The second kappa shape index (κ2) is 7.43. The van der Waals surface area contributed by atoms with Crippen LogP contribution in [0.1, 0.15) is 18.5 Å². The highest BCUT2D eigenvalue weighted by atomic mass is 79.9. The monoisotopic (exact) mass is 368 g/mol. The number of aromatic nitrogens is 1. The van der Waals surface area contributed by atoms with Crippen LogP contribution in [0.25, 0.3) is 0 Å². The summed E-state index contributed by atoms with van der Waals surface area (Å²) in [5.74, 6) is 0.382. The van der Waals surface area contributed by atoms with E-state index in [-0.39, 0.29) is 18.6 Å². The van der Waals surface area contributed by atoms with Gasteiger partial charge in [-0.15, -0.1) is 0 Å². The number of ether oxygens (including phenoxy) is 1. The second-order valence-electron chi connectivity index (χ2n) is 4.43. The van der Waals surface area contributed by atoms with Crippen molar-refractivity contribution in [3.63, 3.8) is 0 Å². The van der Waals surface area contributed by atoms with Crippen molar-refractivity contribution in [2.45, 2.75) is 13.0 Å². The summed E-state index contributed by atoms with van der Waals surface area (Å²) in [7, 11) is 0. The van der Waals surface area contributed by atoms with Gasteiger partial charge in [-0.2, -0.15) is 0 Å². The number of hydrogen-bond donors (Lipinski definition) is 1. The minimum Gasteiger partial charge on any atom is -0.483 e. The maximum atomic E-state index is 11.9. The molecule has 1 aromatic carbocycles. The first-order valence-electron chi connectivity index (χ1n) is 6.33. The molecule has 0 aliphatic heterocycles. The first-order chi connectivity index (χ1) is 10.1. The van der Waals surface area contributed by atoms with E-state index in [1.807, 2.05) is 19.1 Å². The van der Waals surface area contributed by atoms with Gasteiger partial charge in [0.15, 0.2) is 6.61 Å². The molecule has 0 saturated carbocycles. The van der Waals surface area contributed by atoms with Gasteiger partial charge in [0.1, 0.15) is 5.75 Å². The van der Waals surface area contributed by atoms with Crippen LogP contribution in [-0.4, -0.2) is 17.5 Å². The van der Waals surface area contributed by atoms with Crippen LogP contribution in [0.15, 0.2) is 47.2 Å². The van der Waals surface area contributed by atoms with Gasteiger partial charge in [0.2, 0.25) is 0 Å². The fourth-order valence-electron chi connectivity index (χ4n) is 1.75. The van der Waals surface area contributed by atoms with E-state index in [1.165, 1.54) is 0 Å². The number of nitrogens with one attached hydrogen (secondary N) is 1. The van der Waals surface area contributed by atoms with Crippen molar-refractivity contribution < 1.29 is 9.53 Å². The van der Waals surface area contributed by atoms with Crippen LogP contribution < -0.4 is 10.1 Å². The largest absolute Gasteiger partial charge is 0.483 e. The molecule has 6 heteroatoms. The van der Waals surface area contributed by atoms with Gasteiger partial charge in [0.05, 0.1) is 10.5 Å². The predicted octanol–water partition coefficient (Wildman–Crippen LogP) is 3.75. The standard InChI is InChI=1S/C15H14BrClN2O2/c1-10(11-4-6-18-7-5-11)19-15(20)9-21-14-3-2-12(17)8-13(14)16/h2-8,10H,9H2,1H3,(H,19,20). The van der Waals surface area contributed by atoms with Crippen molar-refractivity contribution in [3.8, 4) is 5.75 Å². The van der Waals surface area contributed by atoms with Crippen molar-refractivity contribution in [3.05, 3.63) is 57.8 Å². The van der Waals surface area contributed by atoms with Gasteiger partial charge < -0.3 is 10.1 Å². The first kappa shape index (κ1) is 15.8. The average Bonchev–Trinajstić information content (AvgIpc) is 2.47. The lowest BCUT2D eigenvalue weighted by molar-refractivity contribution is -0.123. The Morgan fingerprint density at radius 3 is 2.76 bits per heavy atom. The summed E-state index contributed by atoms with van der Waals surface area (Å²) in [6.07, 6.45) is 3.39. The normalized spacial score (nSPS) is 11.8. The van der Waals surface area contributed by atoms with Gasteiger partial charge in [-0.25, -0.2) is 0 Å². The molecule has 0 radical (unpaired) electrons. The maximum Gasteiger partial charge on any atom is 0.258 e. The number of pyridine rings is 1. The van der Waals surface area contributed by atoms with Crippen LogP contribution in [0.3, 0.4) is 0 Å². The Hall–Kier alpha value is -1.59. The maximum absolute atomic E-state index is 11.9. The first-order valence-corrected chi connectivity index (χ1v) is 7.50. The predicted molar refractivity (Wildman–Crippen MR) is 85.4 cm³/mol. The lowest BCUT2D eigenvalue weighted by Gasteiger charge is -2.14. The van der Waals surface area contributed by atoms with Crippen LogP contribution >= 0.6 is 27.5 Å². The Morgan fingerprint density at radius 1 is 1.38 bits per heavy atom. The number of amides is 1. The number of carbonyl (C=O) groups excluding carboxylic acids is 1. The molecule has 1 heterocycles. The number of halogens is 2. The fourth-order valence-corrected chi connectivity index (χ4v) is 2.55. The summed E-state index contributed by atoms with van der Waals surface area (Å²) in [4.78, 5) is 15.8. The summed E-state index contributed by atoms with van der Waals surface area (Å²) >= 11 is 9.18. The number of benzene rings is 1. The molecule has 1 amide bonds. The van der Waals surface area contributed by atoms with Gasteiger partial charge in [-0.05, 0) is 58.7 Å². The molecule has 1 aromatic heterocycles. The Balaban J connectivity index is 1.87. The lowest BCUT2D eigenvalue weighted by Crippen LogP contribution is -2.31. The highest BCUT2D eigenvalue weighted by Gasteiger charge is 2.10. The van der Waals surface area contributed by atoms with Gasteiger partial charge in [0.25, 0.3) is 5.91 Å². The van der Waals surface area contributed by atoms with Crippen molar-refractivity contribution >= 4 is 33.4 Å². The quantitative estimate of drug-likeness (QED) is 0.873. The molecule has 0 aliphatic rings. The summed E-state index contributed by atoms with van der Waals surface area (Å²) in [6.45, 7) is 1.85. The number of nitrogens with zero attached hydrogens (tertiary/aromatic N) is 1. The lowest BCUT2D eigenvalue weighted by atomic mass is 10.1. The fraction of sp³-hybridized carbons (Fsp3) is 0.200. The van der Waals surface area contributed by atoms with Crippen molar-refractivity contribution in [2.24, 2.45) is 0 Å². The highest BCUT2D eigenvalue weighted by Crippen LogP contribution is 2.27. The van der Waals surface area contributed by atoms with E-state index in [4.69, 9.17) is 16.3 Å². The van der Waals surface area contributed by atoms with Crippen molar-refractivity contribution in [1.82, 2.24) is 10.3 Å². The molecule has 0 bridgehead atoms. The highest BCUT2D eigenvalue weighted by molar-refractivity contribution is 9.10. The van der Waals surface area contributed by atoms with Crippen molar-refractivity contribution in [1.29, 1.82) is 0 Å². The van der Waals surface area contributed by atoms with Gasteiger partial charge in [-0.3, -0.25) is 9.78 Å². The second-order valence-corrected chi connectivity index (χ2v) is 5.72. The summed E-state index contributed by atoms with van der Waals surface area (Å²) < 4.78 is 6.17. The number of carbonyl (C=O) groups is 1. The third kappa shape index (κ3) is 4.72. The van der Waals surface area contributed by atoms with Crippen LogP contribution in [0.4, 0.5) is 0 Å². The van der Waals surface area contributed by atoms with Gasteiger partial charge >= 0.3 is 0 Å². The molecule has 0 spiro atoms. The topological polar surface area (TPSA) is 51.2 Å². The molecule has 0 fully saturated rings. The molecule has 0 aliphatic carbocycles. The van der Waals surface area contributed by atoms with Gasteiger partial charge in [0, 0.05) is 17.4 Å². The van der Waals surface area contributed by atoms with Crippen molar-refractivity contribution in [2.75, 3.05) is 6.61 Å². The molecule has 4 nitrogen and oxygen atoms in total. The zero-order valence-electron chi connectivity index (χ0n) is 11.3. The SMILES string of the molecule is CC(NC(=O)COc1ccc(Cl)cc1Br)c1ccncc1. The zero-order valence-corrected chi connectivity index (χ0v) is 13.7. The Bertz CT molecular complexity index is 622. The third-order valence-electron chi connectivity index (χ3n) is 2.84. The summed E-state index contributed by atoms with van der Waals surface area (Å²) in [6, 6.07) is 8.76. The van der Waals surface area contributed by atoms with Crippen LogP contribution in [-0.2, 0) is 4.79 Å². The van der Waals surface area contributed by atoms with Crippen LogP contribution in [0, 0.1) is 0 Å². The summed E-state index contributed by atoms with van der Waals surface area (Å²) in [5, 5.41) is 3.47. The molecule has 1 N–H and O–H groups in total. The molecule has 1 unspecified atom stereocenters. The summed E-state index contributed by atoms with van der Waals surface area (Å²) in [5.41, 5.74) is 0.992. The molecule has 2 aromatic rings. The molecule has 110 valence electrons. The minimum absolute atomic E-state index is 0.0599. The van der Waals surface area contributed by atoms with E-state index in [0.717, 1.165) is 5.56 Å². The molecular weight excluding hydrogens is 356 g/mol.